The van der Waals surface area contributed by atoms with Crippen LogP contribution in [0.3, 0.4) is 0 Å². The summed E-state index contributed by atoms with van der Waals surface area (Å²) in [5.41, 5.74) is -0.267. The summed E-state index contributed by atoms with van der Waals surface area (Å²) in [5, 5.41) is 16.9. The van der Waals surface area contributed by atoms with E-state index >= 15 is 0 Å². The van der Waals surface area contributed by atoms with Crippen molar-refractivity contribution in [3.8, 4) is 11.8 Å². The van der Waals surface area contributed by atoms with Crippen LogP contribution in [0.4, 0.5) is 0 Å². The van der Waals surface area contributed by atoms with Gasteiger partial charge < -0.3 is 10.2 Å². The second-order valence-electron chi connectivity index (χ2n) is 3.26. The minimum absolute atomic E-state index is 0.267. The smallest absolute Gasteiger partial charge is 0.345 e. The molecule has 1 unspecified atom stereocenters. The van der Waals surface area contributed by atoms with Gasteiger partial charge in [-0.3, -0.25) is 0 Å². The van der Waals surface area contributed by atoms with Crippen molar-refractivity contribution in [1.29, 1.82) is 0 Å². The Morgan fingerprint density at radius 3 is 2.18 bits per heavy atom. The zero-order valence-electron chi connectivity index (χ0n) is 6.88. The van der Waals surface area contributed by atoms with Gasteiger partial charge in [-0.05, 0) is 20.8 Å². The molecule has 0 aromatic rings. The standard InChI is InChI=1S/C8H12O3/c1-8(2,3)5-4-6(9)7(10)11/h6,9H,1-3H3,(H,10,11). The highest BCUT2D eigenvalue weighted by molar-refractivity contribution is 5.75. The second kappa shape index (κ2) is 3.40. The summed E-state index contributed by atoms with van der Waals surface area (Å²) in [6.45, 7) is 5.53. The Morgan fingerprint density at radius 1 is 1.45 bits per heavy atom. The highest BCUT2D eigenvalue weighted by atomic mass is 16.4. The Labute approximate surface area is 66.0 Å². The lowest BCUT2D eigenvalue weighted by atomic mass is 9.98. The summed E-state index contributed by atoms with van der Waals surface area (Å²) < 4.78 is 0. The third-order valence-electron chi connectivity index (χ3n) is 0.818. The molecule has 0 aromatic heterocycles. The number of aliphatic hydroxyl groups excluding tert-OH is 1. The molecule has 0 rings (SSSR count). The van der Waals surface area contributed by atoms with Gasteiger partial charge in [0.05, 0.1) is 0 Å². The van der Waals surface area contributed by atoms with Gasteiger partial charge in [-0.1, -0.05) is 11.8 Å². The van der Waals surface area contributed by atoms with Gasteiger partial charge in [0.25, 0.3) is 0 Å². The number of carboxylic acid groups (broad SMARTS) is 1. The van der Waals surface area contributed by atoms with E-state index in [9.17, 15) is 4.79 Å². The Hall–Kier alpha value is -1.01. The number of aliphatic carboxylic acids is 1. The predicted molar refractivity (Wildman–Crippen MR) is 40.9 cm³/mol. The maximum atomic E-state index is 10.1. The van der Waals surface area contributed by atoms with Crippen LogP contribution in [-0.2, 0) is 4.79 Å². The molecular weight excluding hydrogens is 144 g/mol. The summed E-state index contributed by atoms with van der Waals surface area (Å²) in [6, 6.07) is 0. The van der Waals surface area contributed by atoms with E-state index in [0.717, 1.165) is 0 Å². The van der Waals surface area contributed by atoms with Gasteiger partial charge in [-0.25, -0.2) is 4.79 Å². The number of carbonyl (C=O) groups is 1. The van der Waals surface area contributed by atoms with E-state index < -0.39 is 12.1 Å². The molecule has 0 saturated carbocycles. The molecule has 3 nitrogen and oxygen atoms in total. The Kier molecular flexibility index (Phi) is 3.09. The lowest BCUT2D eigenvalue weighted by molar-refractivity contribution is -0.143. The van der Waals surface area contributed by atoms with E-state index in [-0.39, 0.29) is 5.41 Å². The average molecular weight is 156 g/mol. The largest absolute Gasteiger partial charge is 0.479 e. The fourth-order valence-electron chi connectivity index (χ4n) is 0.347. The first-order valence-electron chi connectivity index (χ1n) is 3.26. The highest BCUT2D eigenvalue weighted by Crippen LogP contribution is 2.09. The van der Waals surface area contributed by atoms with Crippen molar-refractivity contribution in [3.63, 3.8) is 0 Å². The van der Waals surface area contributed by atoms with Crippen LogP contribution < -0.4 is 0 Å². The van der Waals surface area contributed by atoms with Crippen molar-refractivity contribution in [2.45, 2.75) is 26.9 Å². The number of aliphatic hydroxyl groups is 1. The van der Waals surface area contributed by atoms with Gasteiger partial charge >= 0.3 is 5.97 Å². The van der Waals surface area contributed by atoms with Crippen molar-refractivity contribution in [3.05, 3.63) is 0 Å². The molecule has 0 fully saturated rings. The highest BCUT2D eigenvalue weighted by Gasteiger charge is 2.10. The molecule has 62 valence electrons. The lowest BCUT2D eigenvalue weighted by Gasteiger charge is -2.07. The van der Waals surface area contributed by atoms with Crippen molar-refractivity contribution < 1.29 is 15.0 Å². The molecule has 0 spiro atoms. The molecule has 0 bridgehead atoms. The molecule has 0 aliphatic carbocycles. The first-order valence-corrected chi connectivity index (χ1v) is 3.26. The van der Waals surface area contributed by atoms with E-state index in [1.54, 1.807) is 0 Å². The summed E-state index contributed by atoms with van der Waals surface area (Å²) in [4.78, 5) is 10.1. The predicted octanol–water partition coefficient (Wildman–Crippen LogP) is 0.481. The number of hydrogen-bond donors (Lipinski definition) is 2. The summed E-state index contributed by atoms with van der Waals surface area (Å²) in [5.74, 6) is 3.55. The molecule has 3 heteroatoms. The molecule has 0 saturated heterocycles. The van der Waals surface area contributed by atoms with E-state index in [0.29, 0.717) is 0 Å². The fraction of sp³-hybridized carbons (Fsp3) is 0.625. The molecule has 0 amide bonds. The zero-order valence-corrected chi connectivity index (χ0v) is 6.88. The van der Waals surface area contributed by atoms with Crippen LogP contribution in [0.2, 0.25) is 0 Å². The molecule has 0 aromatic carbocycles. The normalized spacial score (nSPS) is 13.1. The summed E-state index contributed by atoms with van der Waals surface area (Å²) >= 11 is 0. The van der Waals surface area contributed by atoms with E-state index in [4.69, 9.17) is 10.2 Å². The molecule has 0 aliphatic heterocycles. The van der Waals surface area contributed by atoms with Gasteiger partial charge in [-0.15, -0.1) is 0 Å². The van der Waals surface area contributed by atoms with E-state index in [2.05, 4.69) is 11.8 Å². The number of hydrogen-bond acceptors (Lipinski definition) is 2. The number of rotatable bonds is 1. The van der Waals surface area contributed by atoms with Crippen molar-refractivity contribution >= 4 is 5.97 Å². The maximum Gasteiger partial charge on any atom is 0.345 e. The molecule has 0 aliphatic rings. The topological polar surface area (TPSA) is 57.5 Å². The zero-order chi connectivity index (χ0) is 9.07. The number of carboxylic acids is 1. The van der Waals surface area contributed by atoms with Crippen molar-refractivity contribution in [2.75, 3.05) is 0 Å². The van der Waals surface area contributed by atoms with E-state index in [1.807, 2.05) is 20.8 Å². The van der Waals surface area contributed by atoms with E-state index in [1.165, 1.54) is 0 Å². The molecular formula is C8H12O3. The van der Waals surface area contributed by atoms with Crippen LogP contribution in [0, 0.1) is 17.3 Å². The lowest BCUT2D eigenvalue weighted by Crippen LogP contribution is -2.17. The maximum absolute atomic E-state index is 10.1. The third kappa shape index (κ3) is 5.43. The Bertz CT molecular complexity index is 202. The van der Waals surface area contributed by atoms with Crippen LogP contribution in [0.15, 0.2) is 0 Å². The first kappa shape index (κ1) is 9.99. The monoisotopic (exact) mass is 156 g/mol. The fourth-order valence-corrected chi connectivity index (χ4v) is 0.347. The van der Waals surface area contributed by atoms with Crippen molar-refractivity contribution in [2.24, 2.45) is 5.41 Å². The average Bonchev–Trinajstić information content (AvgIpc) is 1.80. The summed E-state index contributed by atoms with van der Waals surface area (Å²) in [7, 11) is 0. The SMILES string of the molecule is CC(C)(C)C#CC(O)C(=O)O. The van der Waals surface area contributed by atoms with Crippen molar-refractivity contribution in [1.82, 2.24) is 0 Å². The molecule has 2 N–H and O–H groups in total. The minimum Gasteiger partial charge on any atom is -0.479 e. The molecule has 11 heavy (non-hydrogen) atoms. The Morgan fingerprint density at radius 2 is 1.91 bits per heavy atom. The summed E-state index contributed by atoms with van der Waals surface area (Å²) in [6.07, 6.45) is -1.56. The molecule has 1 atom stereocenters. The molecule has 0 radical (unpaired) electrons. The van der Waals surface area contributed by atoms with Gasteiger partial charge in [0.15, 0.2) is 0 Å². The van der Waals surface area contributed by atoms with Gasteiger partial charge in [-0.2, -0.15) is 0 Å². The minimum atomic E-state index is -1.56. The van der Waals surface area contributed by atoms with Crippen LogP contribution in [-0.4, -0.2) is 22.3 Å². The van der Waals surface area contributed by atoms with Gasteiger partial charge in [0.2, 0.25) is 6.10 Å². The van der Waals surface area contributed by atoms with Crippen LogP contribution in [0.1, 0.15) is 20.8 Å². The second-order valence-corrected chi connectivity index (χ2v) is 3.26. The van der Waals surface area contributed by atoms with Gasteiger partial charge in [0.1, 0.15) is 0 Å². The van der Waals surface area contributed by atoms with Crippen LogP contribution in [0.5, 0.6) is 0 Å². The Balaban J connectivity index is 4.19. The van der Waals surface area contributed by atoms with Crippen LogP contribution >= 0.6 is 0 Å². The molecule has 0 heterocycles. The van der Waals surface area contributed by atoms with Gasteiger partial charge in [0, 0.05) is 5.41 Å². The third-order valence-corrected chi connectivity index (χ3v) is 0.818. The first-order chi connectivity index (χ1) is 4.83. The van der Waals surface area contributed by atoms with Crippen LogP contribution in [0.25, 0.3) is 0 Å². The quantitative estimate of drug-likeness (QED) is 0.543.